The van der Waals surface area contributed by atoms with E-state index in [9.17, 15) is 9.59 Å². The fourth-order valence-electron chi connectivity index (χ4n) is 4.44. The van der Waals surface area contributed by atoms with Gasteiger partial charge in [0.1, 0.15) is 13.1 Å². The second-order valence-electron chi connectivity index (χ2n) is 9.85. The van der Waals surface area contributed by atoms with Crippen molar-refractivity contribution in [3.05, 3.63) is 70.4 Å². The molecule has 0 unspecified atom stereocenters. The molecule has 2 atom stereocenters. The molecule has 5 rings (SSSR count). The van der Waals surface area contributed by atoms with Gasteiger partial charge in [-0.1, -0.05) is 76.2 Å². The smallest absolute Gasteiger partial charge is 0.249 e. The van der Waals surface area contributed by atoms with Gasteiger partial charge in [0.2, 0.25) is 11.8 Å². The maximum absolute atomic E-state index is 13.1. The van der Waals surface area contributed by atoms with Gasteiger partial charge in [-0.3, -0.25) is 19.4 Å². The number of amides is 2. The normalized spacial score (nSPS) is 15.7. The number of anilines is 2. The third-order valence-electron chi connectivity index (χ3n) is 7.41. The third-order valence-corrected chi connectivity index (χ3v) is 9.14. The monoisotopic (exact) mass is 544 g/mol. The quantitative estimate of drug-likeness (QED) is 0.233. The Morgan fingerprint density at radius 1 is 0.684 bits per heavy atom. The molecule has 0 bridgehead atoms. The Balaban J connectivity index is 1.28. The number of carbonyl (C=O) groups excluding carboxylic acids is 2. The summed E-state index contributed by atoms with van der Waals surface area (Å²) in [5, 5.41) is 4.98. The molecule has 1 saturated heterocycles. The van der Waals surface area contributed by atoms with Crippen LogP contribution < -0.4 is 9.80 Å². The van der Waals surface area contributed by atoms with Crippen molar-refractivity contribution in [2.24, 2.45) is 0 Å². The Bertz CT molecular complexity index is 1320. The van der Waals surface area contributed by atoms with E-state index in [1.165, 1.54) is 43.6 Å². The van der Waals surface area contributed by atoms with E-state index in [-0.39, 0.29) is 24.9 Å². The molecule has 38 heavy (non-hydrogen) atoms. The third kappa shape index (κ3) is 5.28. The second kappa shape index (κ2) is 11.2. The summed E-state index contributed by atoms with van der Waals surface area (Å²) in [4.78, 5) is 38.6. The highest BCUT2D eigenvalue weighted by molar-refractivity contribution is 7.14. The lowest BCUT2D eigenvalue weighted by Crippen LogP contribution is -2.54. The lowest BCUT2D eigenvalue weighted by molar-refractivity contribution is -0.125. The van der Waals surface area contributed by atoms with Crippen molar-refractivity contribution in [3.63, 3.8) is 0 Å². The van der Waals surface area contributed by atoms with Crippen molar-refractivity contribution >= 4 is 44.8 Å². The Labute approximate surface area is 232 Å². The van der Waals surface area contributed by atoms with Gasteiger partial charge in [0, 0.05) is 21.9 Å². The molecular formula is C30H32N4O2S2. The topological polar surface area (TPSA) is 66.4 Å². The minimum absolute atomic E-state index is 0.0444. The van der Waals surface area contributed by atoms with Crippen LogP contribution in [0.3, 0.4) is 0 Å². The Morgan fingerprint density at radius 3 is 1.39 bits per heavy atom. The van der Waals surface area contributed by atoms with Gasteiger partial charge in [0.15, 0.2) is 10.3 Å². The van der Waals surface area contributed by atoms with Gasteiger partial charge in [-0.25, -0.2) is 9.97 Å². The fraction of sp³-hybridized carbons (Fsp3) is 0.333. The van der Waals surface area contributed by atoms with Gasteiger partial charge in [-0.05, 0) is 35.8 Å². The molecule has 1 aliphatic rings. The molecule has 4 aromatic rings. The number of hydrogen-bond donors (Lipinski definition) is 0. The van der Waals surface area contributed by atoms with Crippen molar-refractivity contribution in [2.75, 3.05) is 22.9 Å². The van der Waals surface area contributed by atoms with Gasteiger partial charge in [-0.15, -0.1) is 22.7 Å². The molecule has 1 fully saturated rings. The standard InChI is InChI=1S/C30H32N4O2S2/c1-5-19(3)21-7-11-23(12-8-21)25-17-37-29(31-25)33-15-28(36)34(16-27(33)35)30-32-26(18-38-30)24-13-9-22(10-14-24)20(4)6-2/h7-14,17-20H,5-6,15-16H2,1-4H3/t19-,20+. The van der Waals surface area contributed by atoms with E-state index >= 15 is 0 Å². The molecule has 0 spiro atoms. The average Bonchev–Trinajstić information content (AvgIpc) is 3.64. The predicted molar refractivity (Wildman–Crippen MR) is 157 cm³/mol. The number of nitrogens with zero attached hydrogens (tertiary/aromatic N) is 4. The van der Waals surface area contributed by atoms with Crippen LogP contribution in [0.15, 0.2) is 59.3 Å². The van der Waals surface area contributed by atoms with E-state index in [0.717, 1.165) is 35.4 Å². The van der Waals surface area contributed by atoms with Crippen LogP contribution in [-0.2, 0) is 9.59 Å². The molecule has 2 amide bonds. The summed E-state index contributed by atoms with van der Waals surface area (Å²) in [5.74, 6) is 0.706. The Morgan fingerprint density at radius 2 is 1.05 bits per heavy atom. The van der Waals surface area contributed by atoms with Crippen LogP contribution in [0.5, 0.6) is 0 Å². The molecule has 0 radical (unpaired) electrons. The van der Waals surface area contributed by atoms with Crippen LogP contribution in [0, 0.1) is 0 Å². The lowest BCUT2D eigenvalue weighted by atomic mass is 9.97. The summed E-state index contributed by atoms with van der Waals surface area (Å²) in [6, 6.07) is 16.8. The summed E-state index contributed by atoms with van der Waals surface area (Å²) in [7, 11) is 0. The largest absolute Gasteiger partial charge is 0.277 e. The summed E-state index contributed by atoms with van der Waals surface area (Å²) in [5.41, 5.74) is 6.24. The minimum atomic E-state index is -0.160. The van der Waals surface area contributed by atoms with Gasteiger partial charge in [0.25, 0.3) is 0 Å². The molecule has 3 heterocycles. The number of carbonyl (C=O) groups is 2. The molecule has 0 saturated carbocycles. The number of aromatic nitrogens is 2. The average molecular weight is 545 g/mol. The van der Waals surface area contributed by atoms with E-state index in [4.69, 9.17) is 9.97 Å². The first kappa shape index (κ1) is 26.3. The van der Waals surface area contributed by atoms with Crippen LogP contribution >= 0.6 is 22.7 Å². The van der Waals surface area contributed by atoms with E-state index in [2.05, 4.69) is 76.2 Å². The van der Waals surface area contributed by atoms with E-state index in [1.54, 1.807) is 0 Å². The fourth-order valence-corrected chi connectivity index (χ4v) is 6.15. The van der Waals surface area contributed by atoms with Gasteiger partial charge in [0.05, 0.1) is 11.4 Å². The second-order valence-corrected chi connectivity index (χ2v) is 11.5. The molecular weight excluding hydrogens is 512 g/mol. The first-order valence-corrected chi connectivity index (χ1v) is 14.9. The van der Waals surface area contributed by atoms with Crippen LogP contribution in [0.4, 0.5) is 10.3 Å². The molecule has 2 aromatic heterocycles. The van der Waals surface area contributed by atoms with Crippen molar-refractivity contribution in [3.8, 4) is 22.5 Å². The predicted octanol–water partition coefficient (Wildman–Crippen LogP) is 7.34. The number of benzene rings is 2. The number of rotatable bonds is 8. The van der Waals surface area contributed by atoms with E-state index in [1.807, 2.05) is 10.8 Å². The molecule has 0 N–H and O–H groups in total. The molecule has 2 aromatic carbocycles. The molecule has 8 heteroatoms. The molecule has 1 aliphatic heterocycles. The summed E-state index contributed by atoms with van der Waals surface area (Å²) in [6.07, 6.45) is 2.19. The highest BCUT2D eigenvalue weighted by Gasteiger charge is 2.34. The molecule has 196 valence electrons. The van der Waals surface area contributed by atoms with Gasteiger partial charge in [-0.2, -0.15) is 0 Å². The van der Waals surface area contributed by atoms with Crippen LogP contribution in [-0.4, -0.2) is 34.9 Å². The van der Waals surface area contributed by atoms with Crippen LogP contribution in [0.1, 0.15) is 63.5 Å². The SMILES string of the molecule is CC[C@@H](C)c1ccc(-c2csc(N3CC(=O)N(c4nc(-c5ccc([C@@H](C)CC)cc5)cs4)CC3=O)n2)cc1. The van der Waals surface area contributed by atoms with Crippen molar-refractivity contribution in [2.45, 2.75) is 52.4 Å². The molecule has 6 nitrogen and oxygen atoms in total. The zero-order valence-corrected chi connectivity index (χ0v) is 23.8. The zero-order valence-electron chi connectivity index (χ0n) is 22.2. The van der Waals surface area contributed by atoms with Crippen molar-refractivity contribution in [1.82, 2.24) is 9.97 Å². The molecule has 0 aliphatic carbocycles. The van der Waals surface area contributed by atoms with Gasteiger partial charge >= 0.3 is 0 Å². The van der Waals surface area contributed by atoms with Crippen molar-refractivity contribution in [1.29, 1.82) is 0 Å². The van der Waals surface area contributed by atoms with Crippen molar-refractivity contribution < 1.29 is 9.59 Å². The highest BCUT2D eigenvalue weighted by atomic mass is 32.1. The van der Waals surface area contributed by atoms with Crippen LogP contribution in [0.2, 0.25) is 0 Å². The number of piperazine rings is 1. The minimum Gasteiger partial charge on any atom is -0.277 e. The zero-order chi connectivity index (χ0) is 26.8. The Kier molecular flexibility index (Phi) is 7.72. The summed E-state index contributed by atoms with van der Waals surface area (Å²) in [6.45, 7) is 8.71. The first-order valence-electron chi connectivity index (χ1n) is 13.1. The number of hydrogen-bond acceptors (Lipinski definition) is 6. The Hall–Kier alpha value is -3.36. The maximum atomic E-state index is 13.1. The van der Waals surface area contributed by atoms with Crippen LogP contribution in [0.25, 0.3) is 22.5 Å². The summed E-state index contributed by atoms with van der Waals surface area (Å²) >= 11 is 2.77. The first-order chi connectivity index (χ1) is 18.4. The van der Waals surface area contributed by atoms with E-state index in [0.29, 0.717) is 22.1 Å². The lowest BCUT2D eigenvalue weighted by Gasteiger charge is -2.30. The van der Waals surface area contributed by atoms with E-state index < -0.39 is 0 Å². The number of thiazole rings is 2. The highest BCUT2D eigenvalue weighted by Crippen LogP contribution is 2.33. The summed E-state index contributed by atoms with van der Waals surface area (Å²) < 4.78 is 0. The van der Waals surface area contributed by atoms with Gasteiger partial charge < -0.3 is 0 Å². The maximum Gasteiger partial charge on any atom is 0.249 e.